The zero-order chi connectivity index (χ0) is 17.5. The molecule has 0 bridgehead atoms. The summed E-state index contributed by atoms with van der Waals surface area (Å²) in [4.78, 5) is 12.8. The zero-order valence-electron chi connectivity index (χ0n) is 15.2. The van der Waals surface area contributed by atoms with Crippen LogP contribution in [0.2, 0.25) is 0 Å². The molecule has 0 aromatic carbocycles. The van der Waals surface area contributed by atoms with Crippen LogP contribution in [0.1, 0.15) is 40.4 Å². The van der Waals surface area contributed by atoms with Gasteiger partial charge < -0.3 is 10.6 Å². The summed E-state index contributed by atoms with van der Waals surface area (Å²) in [6, 6.07) is 4.73. The van der Waals surface area contributed by atoms with E-state index in [1.54, 1.807) is 11.3 Å². The van der Waals surface area contributed by atoms with E-state index in [-0.39, 0.29) is 0 Å². The summed E-state index contributed by atoms with van der Waals surface area (Å²) in [5, 5.41) is 8.06. The predicted octanol–water partition coefficient (Wildman–Crippen LogP) is 4.01. The van der Waals surface area contributed by atoms with E-state index >= 15 is 0 Å². The molecular weight excluding hydrogens is 336 g/mol. The Balaban J connectivity index is 1.80. The first kappa shape index (κ1) is 18.9. The highest BCUT2D eigenvalue weighted by Gasteiger charge is 2.09. The van der Waals surface area contributed by atoms with Gasteiger partial charge >= 0.3 is 0 Å². The molecule has 0 aliphatic heterocycles. The molecule has 2 aromatic rings. The highest BCUT2D eigenvalue weighted by molar-refractivity contribution is 7.12. The molecule has 0 spiro atoms. The maximum Gasteiger partial charge on any atom is 0.191 e. The first-order valence-electron chi connectivity index (χ1n) is 8.42. The number of guanidine groups is 1. The summed E-state index contributed by atoms with van der Waals surface area (Å²) < 4.78 is 0. The van der Waals surface area contributed by atoms with Gasteiger partial charge in [-0.3, -0.25) is 4.99 Å². The van der Waals surface area contributed by atoms with Crippen molar-refractivity contribution in [3.05, 3.63) is 38.0 Å². The highest BCUT2D eigenvalue weighted by Crippen LogP contribution is 2.17. The molecule has 0 aliphatic rings. The van der Waals surface area contributed by atoms with E-state index < -0.39 is 0 Å². The van der Waals surface area contributed by atoms with Crippen LogP contribution < -0.4 is 10.6 Å². The normalized spacial score (nSPS) is 13.3. The maximum atomic E-state index is 4.50. The molecule has 0 amide bonds. The fourth-order valence-corrected chi connectivity index (χ4v) is 4.51. The minimum absolute atomic E-state index is 0.340. The van der Waals surface area contributed by atoms with Crippen molar-refractivity contribution in [2.75, 3.05) is 7.05 Å². The molecule has 1 unspecified atom stereocenters. The molecule has 0 fully saturated rings. The first-order valence-corrected chi connectivity index (χ1v) is 10.1. The number of aliphatic imine (C=N–C) groups is 1. The Hall–Kier alpha value is -1.40. The molecule has 6 heteroatoms. The standard InChI is InChI=1S/C18H28N4S2/c1-12(2)8-17-20-10-16(24-17)11-21-18(19-5)22-13(3)9-15-7-6-14(4)23-15/h6-7,10,12-13H,8-9,11H2,1-5H3,(H2,19,21,22). The molecule has 1 atom stereocenters. The molecule has 0 saturated carbocycles. The average molecular weight is 365 g/mol. The van der Waals surface area contributed by atoms with Crippen LogP contribution in [0, 0.1) is 12.8 Å². The number of nitrogens with zero attached hydrogens (tertiary/aromatic N) is 2. The molecule has 0 saturated heterocycles. The summed E-state index contributed by atoms with van der Waals surface area (Å²) in [5.74, 6) is 1.49. The first-order chi connectivity index (χ1) is 11.5. The van der Waals surface area contributed by atoms with Crippen LogP contribution in [0.25, 0.3) is 0 Å². The van der Waals surface area contributed by atoms with Crippen LogP contribution in [0.3, 0.4) is 0 Å². The molecule has 0 radical (unpaired) electrons. The molecule has 2 heterocycles. The fourth-order valence-electron chi connectivity index (χ4n) is 2.42. The number of hydrogen-bond acceptors (Lipinski definition) is 4. The molecular formula is C18H28N4S2. The van der Waals surface area contributed by atoms with Crippen molar-refractivity contribution in [3.63, 3.8) is 0 Å². The molecule has 0 aliphatic carbocycles. The van der Waals surface area contributed by atoms with Gasteiger partial charge in [-0.2, -0.15) is 0 Å². The fraction of sp³-hybridized carbons (Fsp3) is 0.556. The molecule has 2 rings (SSSR count). The van der Waals surface area contributed by atoms with E-state index in [0.29, 0.717) is 12.0 Å². The molecule has 132 valence electrons. The largest absolute Gasteiger partial charge is 0.354 e. The van der Waals surface area contributed by atoms with E-state index in [1.165, 1.54) is 19.6 Å². The van der Waals surface area contributed by atoms with Gasteiger partial charge in [-0.25, -0.2) is 4.98 Å². The average Bonchev–Trinajstić information content (AvgIpc) is 3.12. The lowest BCUT2D eigenvalue weighted by Crippen LogP contribution is -2.42. The van der Waals surface area contributed by atoms with Gasteiger partial charge in [0.1, 0.15) is 0 Å². The Bertz CT molecular complexity index is 658. The van der Waals surface area contributed by atoms with Gasteiger partial charge in [0.2, 0.25) is 0 Å². The second kappa shape index (κ2) is 9.18. The van der Waals surface area contributed by atoms with Crippen LogP contribution >= 0.6 is 22.7 Å². The molecule has 2 N–H and O–H groups in total. The molecule has 4 nitrogen and oxygen atoms in total. The number of aryl methyl sites for hydroxylation is 1. The Morgan fingerprint density at radius 1 is 1.17 bits per heavy atom. The second-order valence-electron chi connectivity index (χ2n) is 6.51. The SMILES string of the molecule is CN=C(NCc1cnc(CC(C)C)s1)NC(C)Cc1ccc(C)s1. The Morgan fingerprint density at radius 3 is 2.58 bits per heavy atom. The Morgan fingerprint density at radius 2 is 1.96 bits per heavy atom. The number of nitrogens with one attached hydrogen (secondary N) is 2. The van der Waals surface area contributed by atoms with Crippen molar-refractivity contribution in [1.29, 1.82) is 0 Å². The van der Waals surface area contributed by atoms with Gasteiger partial charge in [0.25, 0.3) is 0 Å². The van der Waals surface area contributed by atoms with Crippen molar-refractivity contribution in [1.82, 2.24) is 15.6 Å². The van der Waals surface area contributed by atoms with E-state index in [4.69, 9.17) is 0 Å². The minimum Gasteiger partial charge on any atom is -0.354 e. The van der Waals surface area contributed by atoms with Crippen molar-refractivity contribution in [3.8, 4) is 0 Å². The topological polar surface area (TPSA) is 49.3 Å². The number of rotatable bonds is 7. The monoisotopic (exact) mass is 364 g/mol. The van der Waals surface area contributed by atoms with Crippen molar-refractivity contribution >= 4 is 28.6 Å². The lowest BCUT2D eigenvalue weighted by atomic mass is 10.1. The highest BCUT2D eigenvalue weighted by atomic mass is 32.1. The third-order valence-corrected chi connectivity index (χ3v) is 5.57. The summed E-state index contributed by atoms with van der Waals surface area (Å²) in [6.45, 7) is 9.55. The van der Waals surface area contributed by atoms with Crippen LogP contribution in [-0.2, 0) is 19.4 Å². The summed E-state index contributed by atoms with van der Waals surface area (Å²) in [7, 11) is 1.81. The van der Waals surface area contributed by atoms with Gasteiger partial charge in [0.15, 0.2) is 5.96 Å². The van der Waals surface area contributed by atoms with E-state index in [9.17, 15) is 0 Å². The molecule has 2 aromatic heterocycles. The smallest absolute Gasteiger partial charge is 0.191 e. The van der Waals surface area contributed by atoms with E-state index in [0.717, 1.165) is 25.3 Å². The van der Waals surface area contributed by atoms with Crippen LogP contribution in [0.15, 0.2) is 23.3 Å². The number of thiophene rings is 1. The minimum atomic E-state index is 0.340. The maximum absolute atomic E-state index is 4.50. The lowest BCUT2D eigenvalue weighted by molar-refractivity contribution is 0.644. The van der Waals surface area contributed by atoms with Gasteiger partial charge in [-0.15, -0.1) is 22.7 Å². The second-order valence-corrected chi connectivity index (χ2v) is 9.08. The van der Waals surface area contributed by atoms with Crippen LogP contribution in [-0.4, -0.2) is 24.0 Å². The van der Waals surface area contributed by atoms with Gasteiger partial charge in [-0.1, -0.05) is 13.8 Å². The van der Waals surface area contributed by atoms with Crippen molar-refractivity contribution < 1.29 is 0 Å². The predicted molar refractivity (Wildman–Crippen MR) is 106 cm³/mol. The number of thiazole rings is 1. The Kier molecular flexibility index (Phi) is 7.24. The quantitative estimate of drug-likeness (QED) is 0.576. The van der Waals surface area contributed by atoms with E-state index in [1.807, 2.05) is 24.6 Å². The zero-order valence-corrected chi connectivity index (χ0v) is 16.9. The van der Waals surface area contributed by atoms with E-state index in [2.05, 4.69) is 60.4 Å². The molecule has 24 heavy (non-hydrogen) atoms. The van der Waals surface area contributed by atoms with Gasteiger partial charge in [0, 0.05) is 46.8 Å². The summed E-state index contributed by atoms with van der Waals surface area (Å²) >= 11 is 3.64. The van der Waals surface area contributed by atoms with Crippen molar-refractivity contribution in [2.45, 2.75) is 53.1 Å². The Labute approximate surface area is 153 Å². The lowest BCUT2D eigenvalue weighted by Gasteiger charge is -2.17. The third-order valence-electron chi connectivity index (χ3n) is 3.52. The summed E-state index contributed by atoms with van der Waals surface area (Å²) in [6.07, 6.45) is 4.04. The number of hydrogen-bond donors (Lipinski definition) is 2. The third kappa shape index (κ3) is 6.24. The van der Waals surface area contributed by atoms with Gasteiger partial charge in [-0.05, 0) is 31.9 Å². The van der Waals surface area contributed by atoms with Crippen LogP contribution in [0.5, 0.6) is 0 Å². The van der Waals surface area contributed by atoms with Gasteiger partial charge in [0.05, 0.1) is 11.6 Å². The van der Waals surface area contributed by atoms with Crippen molar-refractivity contribution in [2.24, 2.45) is 10.9 Å². The summed E-state index contributed by atoms with van der Waals surface area (Å²) in [5.41, 5.74) is 0. The number of aromatic nitrogens is 1. The van der Waals surface area contributed by atoms with Crippen LogP contribution in [0.4, 0.5) is 0 Å².